The molecule has 1 saturated carbocycles. The topological polar surface area (TPSA) is 26.3 Å². The molecule has 0 radical (unpaired) electrons. The summed E-state index contributed by atoms with van der Waals surface area (Å²) in [6, 6.07) is 6.68. The second-order valence-corrected chi connectivity index (χ2v) is 9.07. The molecule has 174 valence electrons. The molecule has 0 bridgehead atoms. The highest BCUT2D eigenvalue weighted by Crippen LogP contribution is 2.34. The van der Waals surface area contributed by atoms with E-state index >= 15 is 4.39 Å². The molecule has 2 nitrogen and oxygen atoms in total. The Morgan fingerprint density at radius 1 is 1.03 bits per heavy atom. The van der Waals surface area contributed by atoms with Crippen molar-refractivity contribution in [2.75, 3.05) is 0 Å². The van der Waals surface area contributed by atoms with Crippen LogP contribution in [0.3, 0.4) is 0 Å². The first-order valence-corrected chi connectivity index (χ1v) is 12.3. The molecular formula is C28H36F2O2. The van der Waals surface area contributed by atoms with Crippen molar-refractivity contribution in [2.45, 2.75) is 90.9 Å². The summed E-state index contributed by atoms with van der Waals surface area (Å²) in [6.07, 6.45) is 14.3. The SMILES string of the molecule is CCCCC=C1CCC(C(=O)Oc2c(F)cc3cc(CCCCCC)ccc3c2F)CC1. The Labute approximate surface area is 191 Å². The minimum atomic E-state index is -0.817. The van der Waals surface area contributed by atoms with E-state index in [1.807, 2.05) is 12.1 Å². The maximum Gasteiger partial charge on any atom is 0.314 e. The van der Waals surface area contributed by atoms with Crippen LogP contribution < -0.4 is 4.74 Å². The third kappa shape index (κ3) is 6.40. The maximum absolute atomic E-state index is 15.1. The Morgan fingerprint density at radius 3 is 2.50 bits per heavy atom. The third-order valence-electron chi connectivity index (χ3n) is 6.52. The molecule has 0 saturated heterocycles. The van der Waals surface area contributed by atoms with Gasteiger partial charge in [-0.15, -0.1) is 0 Å². The molecule has 1 aliphatic rings. The normalized spacial score (nSPS) is 16.4. The van der Waals surface area contributed by atoms with Gasteiger partial charge in [-0.05, 0) is 62.0 Å². The Morgan fingerprint density at radius 2 is 1.78 bits per heavy atom. The molecule has 2 aromatic rings. The number of ether oxygens (including phenoxy) is 1. The van der Waals surface area contributed by atoms with E-state index in [1.54, 1.807) is 6.07 Å². The molecule has 32 heavy (non-hydrogen) atoms. The predicted molar refractivity (Wildman–Crippen MR) is 127 cm³/mol. The van der Waals surface area contributed by atoms with Gasteiger partial charge in [-0.25, -0.2) is 8.78 Å². The molecule has 3 rings (SSSR count). The van der Waals surface area contributed by atoms with Gasteiger partial charge < -0.3 is 4.74 Å². The standard InChI is InChI=1S/C28H36F2O2/c1-3-5-7-9-11-21-14-17-24-23(18-21)19-25(29)27(26(24)30)32-28(31)22-15-12-20(13-16-22)10-8-6-4-2/h10,14,17-19,22H,3-9,11-13,15-16H2,1-2H3. The Hall–Kier alpha value is -2.23. The fourth-order valence-electron chi connectivity index (χ4n) is 4.49. The van der Waals surface area contributed by atoms with Crippen LogP contribution in [0.5, 0.6) is 5.75 Å². The monoisotopic (exact) mass is 442 g/mol. The van der Waals surface area contributed by atoms with Crippen molar-refractivity contribution >= 4 is 16.7 Å². The van der Waals surface area contributed by atoms with E-state index in [-0.39, 0.29) is 11.3 Å². The molecule has 0 unspecified atom stereocenters. The summed E-state index contributed by atoms with van der Waals surface area (Å²) in [4.78, 5) is 12.6. The van der Waals surface area contributed by atoms with Crippen molar-refractivity contribution in [2.24, 2.45) is 5.92 Å². The summed E-state index contributed by atoms with van der Waals surface area (Å²) in [7, 11) is 0. The first-order valence-electron chi connectivity index (χ1n) is 12.3. The van der Waals surface area contributed by atoms with Gasteiger partial charge in [-0.3, -0.25) is 4.79 Å². The zero-order valence-corrected chi connectivity index (χ0v) is 19.5. The number of carbonyl (C=O) groups is 1. The lowest BCUT2D eigenvalue weighted by molar-refractivity contribution is -0.140. The van der Waals surface area contributed by atoms with Gasteiger partial charge in [0.15, 0.2) is 11.6 Å². The van der Waals surface area contributed by atoms with Crippen molar-refractivity contribution in [3.8, 4) is 5.75 Å². The van der Waals surface area contributed by atoms with Gasteiger partial charge in [0.25, 0.3) is 0 Å². The highest BCUT2D eigenvalue weighted by molar-refractivity contribution is 5.86. The molecule has 0 N–H and O–H groups in total. The lowest BCUT2D eigenvalue weighted by Crippen LogP contribution is -2.24. The number of esters is 1. The minimum absolute atomic E-state index is 0.288. The highest BCUT2D eigenvalue weighted by Gasteiger charge is 2.27. The van der Waals surface area contributed by atoms with Crippen LogP contribution in [-0.2, 0) is 11.2 Å². The fourth-order valence-corrected chi connectivity index (χ4v) is 4.49. The van der Waals surface area contributed by atoms with E-state index in [1.165, 1.54) is 37.3 Å². The number of hydrogen-bond acceptors (Lipinski definition) is 2. The van der Waals surface area contributed by atoms with Crippen LogP contribution in [0.1, 0.15) is 90.0 Å². The van der Waals surface area contributed by atoms with Crippen molar-refractivity contribution in [1.29, 1.82) is 0 Å². The summed E-state index contributed by atoms with van der Waals surface area (Å²) < 4.78 is 35.0. The Balaban J connectivity index is 1.65. The number of fused-ring (bicyclic) bond motifs is 1. The van der Waals surface area contributed by atoms with Crippen LogP contribution in [0.2, 0.25) is 0 Å². The van der Waals surface area contributed by atoms with Crippen LogP contribution in [0.25, 0.3) is 10.8 Å². The summed E-state index contributed by atoms with van der Waals surface area (Å²) in [5.74, 6) is -3.01. The fraction of sp³-hybridized carbons (Fsp3) is 0.536. The van der Waals surface area contributed by atoms with E-state index in [4.69, 9.17) is 4.74 Å². The van der Waals surface area contributed by atoms with E-state index in [9.17, 15) is 9.18 Å². The van der Waals surface area contributed by atoms with Crippen LogP contribution in [-0.4, -0.2) is 5.97 Å². The molecular weight excluding hydrogens is 406 g/mol. The zero-order chi connectivity index (χ0) is 22.9. The predicted octanol–water partition coefficient (Wildman–Crippen LogP) is 8.45. The molecule has 4 heteroatoms. The van der Waals surface area contributed by atoms with E-state index < -0.39 is 23.4 Å². The Bertz CT molecular complexity index is 938. The number of carbonyl (C=O) groups excluding carboxylic acids is 1. The van der Waals surface area contributed by atoms with Gasteiger partial charge >= 0.3 is 5.97 Å². The van der Waals surface area contributed by atoms with Crippen molar-refractivity contribution < 1.29 is 18.3 Å². The van der Waals surface area contributed by atoms with Gasteiger partial charge in [0.2, 0.25) is 5.75 Å². The van der Waals surface area contributed by atoms with Gasteiger partial charge in [-0.2, -0.15) is 0 Å². The van der Waals surface area contributed by atoms with Crippen molar-refractivity contribution in [3.05, 3.63) is 53.1 Å². The number of aryl methyl sites for hydroxylation is 1. The molecule has 0 atom stereocenters. The van der Waals surface area contributed by atoms with Gasteiger partial charge in [0.1, 0.15) is 0 Å². The molecule has 1 fully saturated rings. The van der Waals surface area contributed by atoms with Gasteiger partial charge in [-0.1, -0.05) is 75.8 Å². The van der Waals surface area contributed by atoms with Gasteiger partial charge in [0, 0.05) is 5.39 Å². The molecule has 0 aliphatic heterocycles. The molecule has 2 aromatic carbocycles. The third-order valence-corrected chi connectivity index (χ3v) is 6.52. The molecule has 1 aliphatic carbocycles. The largest absolute Gasteiger partial charge is 0.420 e. The number of halogens is 2. The van der Waals surface area contributed by atoms with Crippen LogP contribution >= 0.6 is 0 Å². The van der Waals surface area contributed by atoms with E-state index in [0.29, 0.717) is 18.2 Å². The summed E-state index contributed by atoms with van der Waals surface area (Å²) >= 11 is 0. The van der Waals surface area contributed by atoms with E-state index in [0.717, 1.165) is 44.1 Å². The van der Waals surface area contributed by atoms with Crippen molar-refractivity contribution in [3.63, 3.8) is 0 Å². The Kier molecular flexibility index (Phi) is 9.25. The first-order chi connectivity index (χ1) is 15.5. The quantitative estimate of drug-likeness (QED) is 0.160. The summed E-state index contributed by atoms with van der Waals surface area (Å²) in [5, 5.41) is 0.795. The maximum atomic E-state index is 15.1. The van der Waals surface area contributed by atoms with Gasteiger partial charge in [0.05, 0.1) is 5.92 Å². The van der Waals surface area contributed by atoms with Crippen LogP contribution in [0.4, 0.5) is 8.78 Å². The number of allylic oxidation sites excluding steroid dienone is 2. The lowest BCUT2D eigenvalue weighted by Gasteiger charge is -2.22. The number of hydrogen-bond donors (Lipinski definition) is 0. The minimum Gasteiger partial charge on any atom is -0.420 e. The number of unbranched alkanes of at least 4 members (excludes halogenated alkanes) is 5. The summed E-state index contributed by atoms with van der Waals surface area (Å²) in [6.45, 7) is 4.34. The number of rotatable bonds is 10. The average molecular weight is 443 g/mol. The van der Waals surface area contributed by atoms with Crippen LogP contribution in [0, 0.1) is 17.6 Å². The summed E-state index contributed by atoms with van der Waals surface area (Å²) in [5.41, 5.74) is 2.46. The molecule has 0 amide bonds. The molecule has 0 spiro atoms. The second kappa shape index (κ2) is 12.1. The lowest BCUT2D eigenvalue weighted by atomic mass is 9.85. The smallest absolute Gasteiger partial charge is 0.314 e. The number of benzene rings is 2. The molecule has 0 aromatic heterocycles. The van der Waals surface area contributed by atoms with Crippen molar-refractivity contribution in [1.82, 2.24) is 0 Å². The highest BCUT2D eigenvalue weighted by atomic mass is 19.1. The van der Waals surface area contributed by atoms with E-state index in [2.05, 4.69) is 19.9 Å². The van der Waals surface area contributed by atoms with Crippen LogP contribution in [0.15, 0.2) is 35.9 Å². The second-order valence-electron chi connectivity index (χ2n) is 9.07. The average Bonchev–Trinajstić information content (AvgIpc) is 2.80. The molecule has 0 heterocycles. The zero-order valence-electron chi connectivity index (χ0n) is 19.5. The first kappa shape index (κ1) is 24.4.